The lowest BCUT2D eigenvalue weighted by atomic mass is 9.90. The van der Waals surface area contributed by atoms with E-state index in [4.69, 9.17) is 9.47 Å². The van der Waals surface area contributed by atoms with E-state index in [1.165, 1.54) is 6.07 Å². The summed E-state index contributed by atoms with van der Waals surface area (Å²) in [6.45, 7) is 7.52. The first-order valence-corrected chi connectivity index (χ1v) is 5.92. The first-order valence-electron chi connectivity index (χ1n) is 5.92. The summed E-state index contributed by atoms with van der Waals surface area (Å²) < 4.78 is 48.7. The number of ether oxygens (including phenoxy) is 2. The Balaban J connectivity index is 2.22. The Bertz CT molecular complexity index is 450. The summed E-state index contributed by atoms with van der Waals surface area (Å²) in [7, 11) is 0. The van der Waals surface area contributed by atoms with E-state index in [-0.39, 0.29) is 0 Å². The van der Waals surface area contributed by atoms with Crippen LogP contribution in [-0.2, 0) is 15.7 Å². The van der Waals surface area contributed by atoms with Gasteiger partial charge in [0.05, 0.1) is 11.2 Å². The minimum Gasteiger partial charge on any atom is -0.339 e. The lowest BCUT2D eigenvalue weighted by Gasteiger charge is -2.30. The first-order chi connectivity index (χ1) is 8.53. The highest BCUT2D eigenvalue weighted by Gasteiger charge is 2.49. The highest BCUT2D eigenvalue weighted by atomic mass is 19.4. The Hall–Kier alpha value is -1.14. The predicted molar refractivity (Wildman–Crippen MR) is 62.3 cm³/mol. The van der Waals surface area contributed by atoms with Gasteiger partial charge < -0.3 is 9.47 Å². The summed E-state index contributed by atoms with van der Waals surface area (Å²) in [4.78, 5) is 3.41. The zero-order valence-corrected chi connectivity index (χ0v) is 11.2. The lowest BCUT2D eigenvalue weighted by molar-refractivity contribution is -0.141. The average Bonchev–Trinajstić information content (AvgIpc) is 2.47. The molecule has 0 amide bonds. The maximum Gasteiger partial charge on any atom is 0.433 e. The summed E-state index contributed by atoms with van der Waals surface area (Å²) >= 11 is 0. The molecular formula is C13H16F3NO2. The van der Waals surface area contributed by atoms with Crippen molar-refractivity contribution in [2.24, 2.45) is 0 Å². The molecule has 106 valence electrons. The molecule has 0 radical (unpaired) electrons. The molecule has 0 unspecified atom stereocenters. The van der Waals surface area contributed by atoms with Crippen molar-refractivity contribution in [2.45, 2.75) is 51.4 Å². The molecule has 19 heavy (non-hydrogen) atoms. The van der Waals surface area contributed by atoms with Gasteiger partial charge in [0.15, 0.2) is 6.29 Å². The number of rotatable bonds is 1. The maximum atomic E-state index is 12.4. The molecule has 0 saturated carbocycles. The Labute approximate surface area is 109 Å². The van der Waals surface area contributed by atoms with Gasteiger partial charge in [-0.15, -0.1) is 0 Å². The van der Waals surface area contributed by atoms with E-state index in [0.717, 1.165) is 12.3 Å². The lowest BCUT2D eigenvalue weighted by Crippen LogP contribution is -2.41. The molecule has 3 nitrogen and oxygen atoms in total. The number of alkyl halides is 3. The molecule has 0 atom stereocenters. The molecule has 1 aliphatic rings. The maximum absolute atomic E-state index is 12.4. The summed E-state index contributed by atoms with van der Waals surface area (Å²) in [5, 5.41) is 0. The third-order valence-corrected chi connectivity index (χ3v) is 3.60. The van der Waals surface area contributed by atoms with Crippen molar-refractivity contribution < 1.29 is 22.6 Å². The summed E-state index contributed by atoms with van der Waals surface area (Å²) in [5.74, 6) is 0. The van der Waals surface area contributed by atoms with E-state index in [0.29, 0.717) is 5.56 Å². The molecule has 1 fully saturated rings. The molecule has 0 bridgehead atoms. The number of nitrogens with zero attached hydrogens (tertiary/aromatic N) is 1. The second kappa shape index (κ2) is 4.18. The molecule has 0 aliphatic carbocycles. The van der Waals surface area contributed by atoms with Crippen LogP contribution in [0.4, 0.5) is 13.2 Å². The van der Waals surface area contributed by atoms with Crippen molar-refractivity contribution in [3.05, 3.63) is 29.6 Å². The van der Waals surface area contributed by atoms with Crippen LogP contribution in [0.5, 0.6) is 0 Å². The van der Waals surface area contributed by atoms with Crippen molar-refractivity contribution in [3.63, 3.8) is 0 Å². The highest BCUT2D eigenvalue weighted by Crippen LogP contribution is 2.44. The van der Waals surface area contributed by atoms with Crippen LogP contribution in [0.2, 0.25) is 0 Å². The second-order valence-electron chi connectivity index (χ2n) is 5.56. The van der Waals surface area contributed by atoms with Gasteiger partial charge in [-0.05, 0) is 33.8 Å². The summed E-state index contributed by atoms with van der Waals surface area (Å²) in [6.07, 6.45) is -3.99. The van der Waals surface area contributed by atoms with E-state index >= 15 is 0 Å². The molecule has 0 spiro atoms. The van der Waals surface area contributed by atoms with Crippen molar-refractivity contribution >= 4 is 0 Å². The van der Waals surface area contributed by atoms with Gasteiger partial charge in [-0.2, -0.15) is 13.2 Å². The van der Waals surface area contributed by atoms with Gasteiger partial charge in [-0.1, -0.05) is 6.07 Å². The summed E-state index contributed by atoms with van der Waals surface area (Å²) in [6, 6.07) is 2.26. The van der Waals surface area contributed by atoms with Gasteiger partial charge in [-0.25, -0.2) is 0 Å². The molecule has 1 aromatic heterocycles. The van der Waals surface area contributed by atoms with Crippen LogP contribution in [-0.4, -0.2) is 16.2 Å². The molecule has 1 aliphatic heterocycles. The molecule has 0 N–H and O–H groups in total. The van der Waals surface area contributed by atoms with Crippen molar-refractivity contribution in [2.75, 3.05) is 0 Å². The topological polar surface area (TPSA) is 31.4 Å². The van der Waals surface area contributed by atoms with Crippen molar-refractivity contribution in [1.82, 2.24) is 4.98 Å². The minimum atomic E-state index is -4.44. The largest absolute Gasteiger partial charge is 0.433 e. The van der Waals surface area contributed by atoms with Crippen LogP contribution in [0, 0.1) is 0 Å². The Morgan fingerprint density at radius 1 is 1.05 bits per heavy atom. The average molecular weight is 275 g/mol. The smallest absolute Gasteiger partial charge is 0.339 e. The SMILES string of the molecule is CC1(C)OC(c2ccc(C(F)(F)F)nc2)OC1(C)C. The Kier molecular flexibility index (Phi) is 3.14. The van der Waals surface area contributed by atoms with E-state index in [1.807, 2.05) is 27.7 Å². The van der Waals surface area contributed by atoms with Gasteiger partial charge >= 0.3 is 6.18 Å². The standard InChI is InChI=1S/C13H16F3NO2/c1-11(2)12(3,4)19-10(18-11)8-5-6-9(17-7-8)13(14,15)16/h5-7,10H,1-4H3. The zero-order chi connectivity index (χ0) is 14.5. The quantitative estimate of drug-likeness (QED) is 0.783. The number of aromatic nitrogens is 1. The van der Waals surface area contributed by atoms with Crippen LogP contribution in [0.3, 0.4) is 0 Å². The normalized spacial score (nSPS) is 22.7. The highest BCUT2D eigenvalue weighted by molar-refractivity contribution is 5.18. The second-order valence-corrected chi connectivity index (χ2v) is 5.56. The van der Waals surface area contributed by atoms with E-state index < -0.39 is 29.4 Å². The van der Waals surface area contributed by atoms with E-state index in [2.05, 4.69) is 4.98 Å². The van der Waals surface area contributed by atoms with Gasteiger partial charge in [0.2, 0.25) is 0 Å². The fraction of sp³-hybridized carbons (Fsp3) is 0.615. The minimum absolute atomic E-state index is 0.478. The van der Waals surface area contributed by atoms with Gasteiger partial charge in [0.25, 0.3) is 0 Å². The number of halogens is 3. The summed E-state index contributed by atoms with van der Waals surface area (Å²) in [5.41, 5.74) is -1.50. The predicted octanol–water partition coefficient (Wildman–Crippen LogP) is 3.70. The zero-order valence-electron chi connectivity index (χ0n) is 11.2. The fourth-order valence-corrected chi connectivity index (χ4v) is 1.69. The molecular weight excluding hydrogens is 259 g/mol. The Morgan fingerprint density at radius 2 is 1.58 bits per heavy atom. The molecule has 0 aromatic carbocycles. The van der Waals surface area contributed by atoms with Gasteiger partial charge in [0, 0.05) is 11.8 Å². The van der Waals surface area contributed by atoms with Crippen LogP contribution in [0.15, 0.2) is 18.3 Å². The van der Waals surface area contributed by atoms with Gasteiger partial charge in [0.1, 0.15) is 5.69 Å². The van der Waals surface area contributed by atoms with Crippen molar-refractivity contribution in [1.29, 1.82) is 0 Å². The number of hydrogen-bond acceptors (Lipinski definition) is 3. The molecule has 2 heterocycles. The van der Waals surface area contributed by atoms with Crippen LogP contribution in [0.25, 0.3) is 0 Å². The Morgan fingerprint density at radius 3 is 1.95 bits per heavy atom. The monoisotopic (exact) mass is 275 g/mol. The van der Waals surface area contributed by atoms with Crippen LogP contribution in [0.1, 0.15) is 45.2 Å². The van der Waals surface area contributed by atoms with E-state index in [1.54, 1.807) is 0 Å². The number of pyridine rings is 1. The van der Waals surface area contributed by atoms with E-state index in [9.17, 15) is 13.2 Å². The van der Waals surface area contributed by atoms with Crippen LogP contribution >= 0.6 is 0 Å². The van der Waals surface area contributed by atoms with Crippen LogP contribution < -0.4 is 0 Å². The molecule has 1 aromatic rings. The van der Waals surface area contributed by atoms with Crippen molar-refractivity contribution in [3.8, 4) is 0 Å². The van der Waals surface area contributed by atoms with Gasteiger partial charge in [-0.3, -0.25) is 4.98 Å². The molecule has 1 saturated heterocycles. The third-order valence-electron chi connectivity index (χ3n) is 3.60. The number of hydrogen-bond donors (Lipinski definition) is 0. The molecule has 6 heteroatoms. The third kappa shape index (κ3) is 2.60. The fourth-order valence-electron chi connectivity index (χ4n) is 1.69. The first kappa shape index (κ1) is 14.3. The molecule has 2 rings (SSSR count).